The predicted octanol–water partition coefficient (Wildman–Crippen LogP) is 2.03. The summed E-state index contributed by atoms with van der Waals surface area (Å²) in [6, 6.07) is 4.74. The fourth-order valence-corrected chi connectivity index (χ4v) is 2.35. The molecule has 1 aromatic carbocycles. The van der Waals surface area contributed by atoms with Crippen LogP contribution >= 0.6 is 0 Å². The second-order valence-electron chi connectivity index (χ2n) is 4.93. The molecule has 0 radical (unpaired) electrons. The minimum Gasteiger partial charge on any atom is -0.465 e. The highest BCUT2D eigenvalue weighted by atomic mass is 16.5. The van der Waals surface area contributed by atoms with E-state index in [4.69, 9.17) is 8.94 Å². The zero-order chi connectivity index (χ0) is 15.9. The minimum absolute atomic E-state index is 0.296. The van der Waals surface area contributed by atoms with Crippen LogP contribution in [0.15, 0.2) is 31.9 Å². The van der Waals surface area contributed by atoms with Gasteiger partial charge in [-0.3, -0.25) is 4.57 Å². The fraction of sp³-hybridized carbons (Fsp3) is 0.267. The maximum Gasteiger partial charge on any atom is 0.420 e. The molecular formula is C15H14N2O5. The molecule has 0 saturated carbocycles. The Bertz CT molecular complexity index is 896. The summed E-state index contributed by atoms with van der Waals surface area (Å²) in [5, 5.41) is 3.87. The lowest BCUT2D eigenvalue weighted by Crippen LogP contribution is -2.15. The molecule has 0 fully saturated rings. The molecule has 0 unspecified atom stereocenters. The number of fused-ring (bicyclic) bond motifs is 1. The van der Waals surface area contributed by atoms with Gasteiger partial charge >= 0.3 is 11.7 Å². The second kappa shape index (κ2) is 5.18. The van der Waals surface area contributed by atoms with E-state index in [1.165, 1.54) is 17.7 Å². The fourth-order valence-electron chi connectivity index (χ4n) is 2.35. The summed E-state index contributed by atoms with van der Waals surface area (Å²) in [5.74, 6) is -0.329. The molecule has 7 nitrogen and oxygen atoms in total. The van der Waals surface area contributed by atoms with Gasteiger partial charge in [0.2, 0.25) is 0 Å². The first-order valence-corrected chi connectivity index (χ1v) is 6.64. The molecule has 0 spiro atoms. The van der Waals surface area contributed by atoms with Crippen LogP contribution in [0.4, 0.5) is 0 Å². The second-order valence-corrected chi connectivity index (χ2v) is 4.93. The van der Waals surface area contributed by atoms with Crippen molar-refractivity contribution in [3.8, 4) is 0 Å². The number of rotatable bonds is 3. The van der Waals surface area contributed by atoms with Crippen LogP contribution in [0.2, 0.25) is 0 Å². The number of carbonyl (C=O) groups excluding carboxylic acids is 1. The quantitative estimate of drug-likeness (QED) is 0.688. The highest BCUT2D eigenvalue weighted by Crippen LogP contribution is 2.19. The van der Waals surface area contributed by atoms with Crippen molar-refractivity contribution in [2.75, 3.05) is 7.11 Å². The Morgan fingerprint density at radius 1 is 1.36 bits per heavy atom. The number of aryl methyl sites for hydroxylation is 2. The maximum atomic E-state index is 12.1. The largest absolute Gasteiger partial charge is 0.465 e. The van der Waals surface area contributed by atoms with Crippen LogP contribution in [-0.2, 0) is 11.3 Å². The van der Waals surface area contributed by atoms with E-state index >= 15 is 0 Å². The third-order valence-corrected chi connectivity index (χ3v) is 3.59. The molecule has 22 heavy (non-hydrogen) atoms. The first-order valence-electron chi connectivity index (χ1n) is 6.64. The lowest BCUT2D eigenvalue weighted by Gasteiger charge is -2.02. The summed E-state index contributed by atoms with van der Waals surface area (Å²) in [6.45, 7) is 3.90. The normalized spacial score (nSPS) is 11.0. The van der Waals surface area contributed by atoms with E-state index in [2.05, 4.69) is 9.89 Å². The number of methoxy groups -OCH3 is 1. The van der Waals surface area contributed by atoms with Crippen LogP contribution < -0.4 is 5.76 Å². The van der Waals surface area contributed by atoms with Gasteiger partial charge in [0, 0.05) is 5.56 Å². The average Bonchev–Trinajstić information content (AvgIpc) is 2.99. The first-order chi connectivity index (χ1) is 10.5. The zero-order valence-electron chi connectivity index (χ0n) is 12.4. The number of ether oxygens (including phenoxy) is 1. The van der Waals surface area contributed by atoms with Gasteiger partial charge in [-0.05, 0) is 32.0 Å². The standard InChI is InChI=1S/C15H14N2O5/c1-8-11(9(2)22-16-8)7-17-12-5-4-10(14(18)20-3)6-13(12)21-15(17)19/h4-6H,7H2,1-3H3. The Labute approximate surface area is 125 Å². The van der Waals surface area contributed by atoms with Crippen LogP contribution in [0.3, 0.4) is 0 Å². The lowest BCUT2D eigenvalue weighted by molar-refractivity contribution is 0.0601. The third-order valence-electron chi connectivity index (χ3n) is 3.59. The molecule has 2 aromatic heterocycles. The highest BCUT2D eigenvalue weighted by molar-refractivity contribution is 5.93. The molecule has 0 amide bonds. The van der Waals surface area contributed by atoms with Crippen molar-refractivity contribution in [3.63, 3.8) is 0 Å². The van der Waals surface area contributed by atoms with Crippen molar-refractivity contribution >= 4 is 17.1 Å². The van der Waals surface area contributed by atoms with Crippen LogP contribution in [-0.4, -0.2) is 22.8 Å². The smallest absolute Gasteiger partial charge is 0.420 e. The summed E-state index contributed by atoms with van der Waals surface area (Å²) in [6.07, 6.45) is 0. The molecule has 3 aromatic rings. The number of hydrogen-bond acceptors (Lipinski definition) is 6. The molecule has 2 heterocycles. The van der Waals surface area contributed by atoms with Crippen LogP contribution in [0.5, 0.6) is 0 Å². The van der Waals surface area contributed by atoms with E-state index < -0.39 is 11.7 Å². The van der Waals surface area contributed by atoms with E-state index in [-0.39, 0.29) is 0 Å². The molecule has 0 N–H and O–H groups in total. The molecule has 0 bridgehead atoms. The number of hydrogen-bond donors (Lipinski definition) is 0. The van der Waals surface area contributed by atoms with Gasteiger partial charge in [0.25, 0.3) is 0 Å². The Hall–Kier alpha value is -2.83. The zero-order valence-corrected chi connectivity index (χ0v) is 12.4. The number of aromatic nitrogens is 2. The molecule has 0 saturated heterocycles. The molecular weight excluding hydrogens is 288 g/mol. The molecule has 0 aliphatic heterocycles. The van der Waals surface area contributed by atoms with Crippen molar-refractivity contribution < 1.29 is 18.5 Å². The van der Waals surface area contributed by atoms with Gasteiger partial charge in [-0.1, -0.05) is 5.16 Å². The SMILES string of the molecule is COC(=O)c1ccc2c(c1)oc(=O)n2Cc1c(C)noc1C. The number of nitrogens with zero attached hydrogens (tertiary/aromatic N) is 2. The number of oxazole rings is 1. The molecule has 3 rings (SSSR count). The van der Waals surface area contributed by atoms with Crippen molar-refractivity contribution in [3.05, 3.63) is 51.3 Å². The van der Waals surface area contributed by atoms with E-state index in [0.717, 1.165) is 11.3 Å². The van der Waals surface area contributed by atoms with Gasteiger partial charge in [-0.2, -0.15) is 0 Å². The van der Waals surface area contributed by atoms with Crippen LogP contribution in [0, 0.1) is 13.8 Å². The minimum atomic E-state index is -0.503. The monoisotopic (exact) mass is 302 g/mol. The van der Waals surface area contributed by atoms with Gasteiger partial charge in [0.1, 0.15) is 5.76 Å². The van der Waals surface area contributed by atoms with E-state index in [0.29, 0.717) is 29.0 Å². The number of benzene rings is 1. The molecule has 7 heteroatoms. The third kappa shape index (κ3) is 2.20. The van der Waals surface area contributed by atoms with Crippen molar-refractivity contribution in [2.45, 2.75) is 20.4 Å². The summed E-state index contributed by atoms with van der Waals surface area (Å²) >= 11 is 0. The molecule has 0 atom stereocenters. The first kappa shape index (κ1) is 14.1. The lowest BCUT2D eigenvalue weighted by atomic mass is 10.2. The summed E-state index contributed by atoms with van der Waals surface area (Å²) in [4.78, 5) is 23.6. The Morgan fingerprint density at radius 3 is 2.77 bits per heavy atom. The summed E-state index contributed by atoms with van der Waals surface area (Å²) < 4.78 is 16.4. The Kier molecular flexibility index (Phi) is 3.32. The van der Waals surface area contributed by atoms with E-state index in [1.807, 2.05) is 6.92 Å². The average molecular weight is 302 g/mol. The van der Waals surface area contributed by atoms with E-state index in [9.17, 15) is 9.59 Å². The Morgan fingerprint density at radius 2 is 2.14 bits per heavy atom. The highest BCUT2D eigenvalue weighted by Gasteiger charge is 2.16. The van der Waals surface area contributed by atoms with Crippen molar-refractivity contribution in [2.24, 2.45) is 0 Å². The van der Waals surface area contributed by atoms with Crippen molar-refractivity contribution in [1.29, 1.82) is 0 Å². The van der Waals surface area contributed by atoms with Crippen LogP contribution in [0.25, 0.3) is 11.1 Å². The molecule has 0 aliphatic rings. The summed E-state index contributed by atoms with van der Waals surface area (Å²) in [5.41, 5.74) is 2.82. The van der Waals surface area contributed by atoms with Crippen LogP contribution in [0.1, 0.15) is 27.4 Å². The molecule has 0 aliphatic carbocycles. The molecule has 114 valence electrons. The van der Waals surface area contributed by atoms with Gasteiger partial charge < -0.3 is 13.7 Å². The number of carbonyl (C=O) groups is 1. The predicted molar refractivity (Wildman–Crippen MR) is 76.9 cm³/mol. The van der Waals surface area contributed by atoms with Crippen molar-refractivity contribution in [1.82, 2.24) is 9.72 Å². The van der Waals surface area contributed by atoms with Gasteiger partial charge in [0.15, 0.2) is 5.58 Å². The topological polar surface area (TPSA) is 87.5 Å². The Balaban J connectivity index is 2.09. The van der Waals surface area contributed by atoms with Gasteiger partial charge in [0.05, 0.1) is 30.4 Å². The summed E-state index contributed by atoms with van der Waals surface area (Å²) in [7, 11) is 1.30. The number of esters is 1. The maximum absolute atomic E-state index is 12.1. The van der Waals surface area contributed by atoms with Gasteiger partial charge in [-0.15, -0.1) is 0 Å². The van der Waals surface area contributed by atoms with E-state index in [1.54, 1.807) is 19.1 Å². The van der Waals surface area contributed by atoms with Gasteiger partial charge in [-0.25, -0.2) is 9.59 Å².